The van der Waals surface area contributed by atoms with Gasteiger partial charge in [0.2, 0.25) is 0 Å². The van der Waals surface area contributed by atoms with E-state index in [1.165, 1.54) is 22.7 Å². The van der Waals surface area contributed by atoms with Gasteiger partial charge in [-0.1, -0.05) is 31.5 Å². The molecular weight excluding hydrogens is 339 g/mol. The van der Waals surface area contributed by atoms with Gasteiger partial charge in [0.15, 0.2) is 0 Å². The molecule has 2 aliphatic rings. The summed E-state index contributed by atoms with van der Waals surface area (Å²) in [6, 6.07) is 2.15. The maximum Gasteiger partial charge on any atom is 0.336 e. The zero-order valence-corrected chi connectivity index (χ0v) is 14.4. The van der Waals surface area contributed by atoms with Crippen LogP contribution in [0.2, 0.25) is 5.02 Å². The molecule has 3 rings (SSSR count). The van der Waals surface area contributed by atoms with Crippen LogP contribution in [0.3, 0.4) is 0 Å². The normalized spacial score (nSPS) is 17.9. The molecular formula is C16H16ClFN2O2S. The number of amides is 3. The van der Waals surface area contributed by atoms with Gasteiger partial charge in [-0.25, -0.2) is 14.1 Å². The number of imide groups is 1. The summed E-state index contributed by atoms with van der Waals surface area (Å²) < 4.78 is 14.4. The van der Waals surface area contributed by atoms with E-state index in [4.69, 9.17) is 11.6 Å². The van der Waals surface area contributed by atoms with Crippen molar-refractivity contribution >= 4 is 41.0 Å². The number of carbonyl (C=O) groups excluding carboxylic acids is 2. The Hall–Kier alpha value is -1.53. The summed E-state index contributed by atoms with van der Waals surface area (Å²) in [6.45, 7) is 4.46. The first kappa shape index (κ1) is 16.3. The van der Waals surface area contributed by atoms with Crippen molar-refractivity contribution in [2.75, 3.05) is 11.4 Å². The molecule has 122 valence electrons. The molecule has 1 aromatic carbocycles. The molecule has 0 saturated carbocycles. The third-order valence-electron chi connectivity index (χ3n) is 3.66. The predicted octanol–water partition coefficient (Wildman–Crippen LogP) is 4.43. The van der Waals surface area contributed by atoms with Crippen molar-refractivity contribution in [2.24, 2.45) is 0 Å². The fourth-order valence-electron chi connectivity index (χ4n) is 2.69. The van der Waals surface area contributed by atoms with Gasteiger partial charge in [0.05, 0.1) is 10.7 Å². The third-order valence-corrected chi connectivity index (χ3v) is 5.15. The van der Waals surface area contributed by atoms with Crippen molar-refractivity contribution in [3.05, 3.63) is 34.7 Å². The summed E-state index contributed by atoms with van der Waals surface area (Å²) in [7, 11) is 0. The number of hydrogen-bond acceptors (Lipinski definition) is 3. The van der Waals surface area contributed by atoms with Crippen molar-refractivity contribution in [3.63, 3.8) is 0 Å². The Labute approximate surface area is 143 Å². The summed E-state index contributed by atoms with van der Waals surface area (Å²) in [4.78, 5) is 28.0. The van der Waals surface area contributed by atoms with Crippen LogP contribution in [0.5, 0.6) is 0 Å². The molecule has 4 nitrogen and oxygen atoms in total. The second kappa shape index (κ2) is 6.17. The van der Waals surface area contributed by atoms with E-state index >= 15 is 0 Å². The summed E-state index contributed by atoms with van der Waals surface area (Å²) in [5.41, 5.74) is 0.302. The molecule has 0 aromatic heterocycles. The number of thioether (sulfide) groups is 1. The standard InChI is InChI=1S/C16H16ClFN2O2S/c1-9(2)23-14-8-13(11(18)7-10(14)17)20-15(21)12-5-3-4-6-19(12)16(20)22/h5,7-9H,3-4,6H2,1-2H3. The Morgan fingerprint density at radius 2 is 2.04 bits per heavy atom. The second-order valence-electron chi connectivity index (χ2n) is 5.71. The molecule has 23 heavy (non-hydrogen) atoms. The van der Waals surface area contributed by atoms with E-state index in [0.717, 1.165) is 23.8 Å². The van der Waals surface area contributed by atoms with Crippen molar-refractivity contribution < 1.29 is 14.0 Å². The lowest BCUT2D eigenvalue weighted by molar-refractivity contribution is -0.114. The van der Waals surface area contributed by atoms with Crippen LogP contribution in [0.1, 0.15) is 26.7 Å². The van der Waals surface area contributed by atoms with Gasteiger partial charge >= 0.3 is 6.03 Å². The summed E-state index contributed by atoms with van der Waals surface area (Å²) in [6.07, 6.45) is 3.28. The zero-order valence-electron chi connectivity index (χ0n) is 12.8. The monoisotopic (exact) mass is 354 g/mol. The smallest absolute Gasteiger partial charge is 0.289 e. The highest BCUT2D eigenvalue weighted by molar-refractivity contribution is 8.00. The van der Waals surface area contributed by atoms with Gasteiger partial charge in [0.25, 0.3) is 5.91 Å². The number of urea groups is 1. The van der Waals surface area contributed by atoms with E-state index < -0.39 is 17.8 Å². The Morgan fingerprint density at radius 1 is 1.30 bits per heavy atom. The lowest BCUT2D eigenvalue weighted by Crippen LogP contribution is -2.34. The molecule has 0 aliphatic carbocycles. The van der Waals surface area contributed by atoms with Crippen LogP contribution in [0.15, 0.2) is 28.8 Å². The third kappa shape index (κ3) is 2.85. The minimum Gasteiger partial charge on any atom is -0.289 e. The molecule has 0 atom stereocenters. The van der Waals surface area contributed by atoms with E-state index in [2.05, 4.69) is 0 Å². The van der Waals surface area contributed by atoms with Crippen LogP contribution in [0.4, 0.5) is 14.9 Å². The van der Waals surface area contributed by atoms with Gasteiger partial charge in [-0.3, -0.25) is 9.69 Å². The highest BCUT2D eigenvalue weighted by Crippen LogP contribution is 2.38. The van der Waals surface area contributed by atoms with E-state index in [1.807, 2.05) is 13.8 Å². The summed E-state index contributed by atoms with van der Waals surface area (Å²) in [5.74, 6) is -1.15. The fraction of sp³-hybridized carbons (Fsp3) is 0.375. The first-order chi connectivity index (χ1) is 10.9. The van der Waals surface area contributed by atoms with E-state index in [1.54, 1.807) is 6.08 Å². The largest absolute Gasteiger partial charge is 0.336 e. The minimum absolute atomic E-state index is 0.0390. The maximum atomic E-state index is 14.4. The zero-order chi connectivity index (χ0) is 16.7. The van der Waals surface area contributed by atoms with Gasteiger partial charge in [-0.05, 0) is 25.0 Å². The number of allylic oxidation sites excluding steroid dienone is 1. The molecule has 1 aromatic rings. The molecule has 2 heterocycles. The highest BCUT2D eigenvalue weighted by Gasteiger charge is 2.43. The predicted molar refractivity (Wildman–Crippen MR) is 89.3 cm³/mol. The Balaban J connectivity index is 2.04. The van der Waals surface area contributed by atoms with Crippen molar-refractivity contribution in [1.29, 1.82) is 0 Å². The number of fused-ring (bicyclic) bond motifs is 1. The molecule has 2 aliphatic heterocycles. The van der Waals surface area contributed by atoms with E-state index in [0.29, 0.717) is 17.1 Å². The number of halogens is 2. The molecule has 0 N–H and O–H groups in total. The van der Waals surface area contributed by atoms with Crippen LogP contribution >= 0.6 is 23.4 Å². The topological polar surface area (TPSA) is 40.6 Å². The van der Waals surface area contributed by atoms with Crippen LogP contribution in [0.25, 0.3) is 0 Å². The number of hydrogen-bond donors (Lipinski definition) is 0. The van der Waals surface area contributed by atoms with Crippen molar-refractivity contribution in [1.82, 2.24) is 4.90 Å². The molecule has 3 amide bonds. The van der Waals surface area contributed by atoms with Crippen LogP contribution < -0.4 is 4.90 Å². The lowest BCUT2D eigenvalue weighted by atomic mass is 10.2. The van der Waals surface area contributed by atoms with Gasteiger partial charge in [-0.2, -0.15) is 0 Å². The first-order valence-corrected chi connectivity index (χ1v) is 8.67. The van der Waals surface area contributed by atoms with Crippen LogP contribution in [-0.2, 0) is 4.79 Å². The fourth-order valence-corrected chi connectivity index (χ4v) is 3.83. The lowest BCUT2D eigenvalue weighted by Gasteiger charge is -2.20. The van der Waals surface area contributed by atoms with Gasteiger partial charge in [0, 0.05) is 16.7 Å². The summed E-state index contributed by atoms with van der Waals surface area (Å²) in [5, 5.41) is 0.519. The van der Waals surface area contributed by atoms with Crippen LogP contribution in [-0.4, -0.2) is 28.6 Å². The number of carbonyl (C=O) groups is 2. The molecule has 7 heteroatoms. The van der Waals surface area contributed by atoms with Gasteiger partial charge in [0.1, 0.15) is 11.5 Å². The molecule has 0 spiro atoms. The highest BCUT2D eigenvalue weighted by atomic mass is 35.5. The van der Waals surface area contributed by atoms with Gasteiger partial charge < -0.3 is 0 Å². The van der Waals surface area contributed by atoms with Crippen molar-refractivity contribution in [2.45, 2.75) is 36.8 Å². The summed E-state index contributed by atoms with van der Waals surface area (Å²) >= 11 is 7.53. The van der Waals surface area contributed by atoms with Gasteiger partial charge in [-0.15, -0.1) is 11.8 Å². The SMILES string of the molecule is CC(C)Sc1cc(N2C(=O)C3=CCCCN3C2=O)c(F)cc1Cl. The minimum atomic E-state index is -0.676. The quantitative estimate of drug-likeness (QED) is 0.595. The molecule has 0 radical (unpaired) electrons. The number of anilines is 1. The Bertz CT molecular complexity index is 720. The molecule has 0 bridgehead atoms. The van der Waals surface area contributed by atoms with Crippen LogP contribution in [0, 0.1) is 5.82 Å². The molecule has 1 fully saturated rings. The average molecular weight is 355 g/mol. The number of nitrogens with zero attached hydrogens (tertiary/aromatic N) is 2. The van der Waals surface area contributed by atoms with E-state index in [-0.39, 0.29) is 16.0 Å². The average Bonchev–Trinajstić information content (AvgIpc) is 2.74. The van der Waals surface area contributed by atoms with E-state index in [9.17, 15) is 14.0 Å². The Kier molecular flexibility index (Phi) is 4.38. The molecule has 0 unspecified atom stereocenters. The Morgan fingerprint density at radius 3 is 2.70 bits per heavy atom. The number of benzene rings is 1. The number of rotatable bonds is 3. The molecule has 1 saturated heterocycles. The van der Waals surface area contributed by atoms with Crippen molar-refractivity contribution in [3.8, 4) is 0 Å². The first-order valence-electron chi connectivity index (χ1n) is 7.42. The maximum absolute atomic E-state index is 14.4. The second-order valence-corrected chi connectivity index (χ2v) is 7.73.